The number of amides is 1. The molecule has 0 bridgehead atoms. The standard InChI is InChI=1S/C26H33FN4O2/c1-17-13-22(27)6-5-20(17)16-29-24-15-21(26(32)30-9-7-28-8-10-30)14-23-18(2)19(3)31(25(23)24)11-12-33-4/h5-6,13-15,28-29H,7-12,16H2,1-4H3. The second-order valence-corrected chi connectivity index (χ2v) is 8.74. The maximum Gasteiger partial charge on any atom is 0.254 e. The van der Waals surface area contributed by atoms with Crippen LogP contribution in [0.1, 0.15) is 32.7 Å². The van der Waals surface area contributed by atoms with E-state index in [0.29, 0.717) is 31.8 Å². The van der Waals surface area contributed by atoms with E-state index < -0.39 is 0 Å². The smallest absolute Gasteiger partial charge is 0.254 e. The fourth-order valence-electron chi connectivity index (χ4n) is 4.60. The molecule has 176 valence electrons. The lowest BCUT2D eigenvalue weighted by atomic mass is 10.0. The van der Waals surface area contributed by atoms with Crippen molar-refractivity contribution < 1.29 is 13.9 Å². The molecule has 1 amide bonds. The van der Waals surface area contributed by atoms with Crippen LogP contribution in [-0.4, -0.2) is 55.3 Å². The van der Waals surface area contributed by atoms with Crippen LogP contribution in [0.3, 0.4) is 0 Å². The second-order valence-electron chi connectivity index (χ2n) is 8.74. The summed E-state index contributed by atoms with van der Waals surface area (Å²) in [7, 11) is 1.70. The Hall–Kier alpha value is -2.90. The van der Waals surface area contributed by atoms with Crippen LogP contribution < -0.4 is 10.6 Å². The number of nitrogens with zero attached hydrogens (tertiary/aromatic N) is 2. The summed E-state index contributed by atoms with van der Waals surface area (Å²) in [6.45, 7) is 11.0. The third kappa shape index (κ3) is 4.75. The maximum atomic E-state index is 13.6. The number of aromatic nitrogens is 1. The maximum absolute atomic E-state index is 13.6. The molecule has 0 radical (unpaired) electrons. The molecule has 0 aliphatic carbocycles. The summed E-state index contributed by atoms with van der Waals surface area (Å²) in [6.07, 6.45) is 0. The Balaban J connectivity index is 1.77. The van der Waals surface area contributed by atoms with E-state index in [4.69, 9.17) is 4.74 Å². The third-order valence-corrected chi connectivity index (χ3v) is 6.68. The number of piperazine rings is 1. The van der Waals surface area contributed by atoms with Crippen molar-refractivity contribution >= 4 is 22.5 Å². The van der Waals surface area contributed by atoms with Gasteiger partial charge in [0.15, 0.2) is 0 Å². The van der Waals surface area contributed by atoms with Crippen LogP contribution in [-0.2, 0) is 17.8 Å². The first-order valence-corrected chi connectivity index (χ1v) is 11.5. The van der Waals surface area contributed by atoms with Crippen molar-refractivity contribution in [1.29, 1.82) is 0 Å². The Kier molecular flexibility index (Phi) is 7.00. The van der Waals surface area contributed by atoms with Gasteiger partial charge in [0.1, 0.15) is 5.82 Å². The zero-order valence-corrected chi connectivity index (χ0v) is 19.9. The Morgan fingerprint density at radius 2 is 1.91 bits per heavy atom. The van der Waals surface area contributed by atoms with Gasteiger partial charge in [-0.3, -0.25) is 4.79 Å². The summed E-state index contributed by atoms with van der Waals surface area (Å²) in [5.74, 6) is -0.178. The fraction of sp³-hybridized carbons (Fsp3) is 0.423. The topological polar surface area (TPSA) is 58.5 Å². The lowest BCUT2D eigenvalue weighted by molar-refractivity contribution is 0.0736. The molecule has 33 heavy (non-hydrogen) atoms. The van der Waals surface area contributed by atoms with Crippen molar-refractivity contribution in [1.82, 2.24) is 14.8 Å². The van der Waals surface area contributed by atoms with Crippen molar-refractivity contribution in [2.45, 2.75) is 33.9 Å². The van der Waals surface area contributed by atoms with Crippen LogP contribution in [0.5, 0.6) is 0 Å². The summed E-state index contributed by atoms with van der Waals surface area (Å²) >= 11 is 0. The highest BCUT2D eigenvalue weighted by Gasteiger charge is 2.22. The lowest BCUT2D eigenvalue weighted by Gasteiger charge is -2.27. The molecule has 1 aliphatic rings. The molecule has 0 spiro atoms. The first-order valence-electron chi connectivity index (χ1n) is 11.5. The molecule has 0 atom stereocenters. The Morgan fingerprint density at radius 1 is 1.15 bits per heavy atom. The van der Waals surface area contributed by atoms with Gasteiger partial charge in [0.25, 0.3) is 5.91 Å². The SMILES string of the molecule is COCCn1c(C)c(C)c2cc(C(=O)N3CCNCC3)cc(NCc3ccc(F)cc3C)c21. The van der Waals surface area contributed by atoms with Crippen LogP contribution in [0.15, 0.2) is 30.3 Å². The number of ether oxygens (including phenoxy) is 1. The molecule has 0 saturated carbocycles. The van der Waals surface area contributed by atoms with Gasteiger partial charge in [0, 0.05) is 63.0 Å². The minimum atomic E-state index is -0.234. The van der Waals surface area contributed by atoms with E-state index in [-0.39, 0.29) is 11.7 Å². The monoisotopic (exact) mass is 452 g/mol. The van der Waals surface area contributed by atoms with Gasteiger partial charge in [0.2, 0.25) is 0 Å². The van der Waals surface area contributed by atoms with E-state index in [1.165, 1.54) is 6.07 Å². The molecular formula is C26H33FN4O2. The molecule has 0 unspecified atom stereocenters. The molecular weight excluding hydrogens is 419 g/mol. The van der Waals surface area contributed by atoms with E-state index in [1.807, 2.05) is 30.0 Å². The Morgan fingerprint density at radius 3 is 2.61 bits per heavy atom. The van der Waals surface area contributed by atoms with Crippen LogP contribution in [0.2, 0.25) is 0 Å². The van der Waals surface area contributed by atoms with Crippen molar-refractivity contribution in [2.24, 2.45) is 0 Å². The first kappa shape index (κ1) is 23.3. The van der Waals surface area contributed by atoms with E-state index in [0.717, 1.165) is 58.6 Å². The van der Waals surface area contributed by atoms with Crippen LogP contribution >= 0.6 is 0 Å². The number of nitrogens with one attached hydrogen (secondary N) is 2. The van der Waals surface area contributed by atoms with Crippen molar-refractivity contribution in [3.05, 3.63) is 64.1 Å². The largest absolute Gasteiger partial charge is 0.383 e. The van der Waals surface area contributed by atoms with E-state index in [2.05, 4.69) is 29.0 Å². The van der Waals surface area contributed by atoms with E-state index in [1.54, 1.807) is 13.2 Å². The second kappa shape index (κ2) is 9.93. The number of hydrogen-bond donors (Lipinski definition) is 2. The van der Waals surface area contributed by atoms with Crippen LogP contribution in [0.25, 0.3) is 10.9 Å². The van der Waals surface area contributed by atoms with Gasteiger partial charge < -0.3 is 24.8 Å². The van der Waals surface area contributed by atoms with E-state index in [9.17, 15) is 9.18 Å². The molecule has 2 aromatic carbocycles. The number of benzene rings is 2. The molecule has 3 aromatic rings. The van der Waals surface area contributed by atoms with Gasteiger partial charge in [-0.15, -0.1) is 0 Å². The Labute approximate surface area is 194 Å². The number of carbonyl (C=O) groups is 1. The van der Waals surface area contributed by atoms with E-state index >= 15 is 0 Å². The van der Waals surface area contributed by atoms with Gasteiger partial charge in [-0.25, -0.2) is 4.39 Å². The average molecular weight is 453 g/mol. The number of halogens is 1. The minimum absolute atomic E-state index is 0.0566. The van der Waals surface area contributed by atoms with Gasteiger partial charge in [-0.2, -0.15) is 0 Å². The zero-order chi connectivity index (χ0) is 23.5. The number of hydrogen-bond acceptors (Lipinski definition) is 4. The predicted octanol–water partition coefficient (Wildman–Crippen LogP) is 4.01. The van der Waals surface area contributed by atoms with Gasteiger partial charge in [0.05, 0.1) is 17.8 Å². The average Bonchev–Trinajstić information content (AvgIpc) is 3.06. The number of aryl methyl sites for hydroxylation is 2. The molecule has 4 rings (SSSR count). The number of carbonyl (C=O) groups excluding carboxylic acids is 1. The molecule has 2 heterocycles. The number of rotatable bonds is 7. The molecule has 1 saturated heterocycles. The Bertz CT molecular complexity index is 1170. The van der Waals surface area contributed by atoms with Gasteiger partial charge in [-0.1, -0.05) is 6.07 Å². The molecule has 7 heteroatoms. The molecule has 6 nitrogen and oxygen atoms in total. The lowest BCUT2D eigenvalue weighted by Crippen LogP contribution is -2.46. The highest BCUT2D eigenvalue weighted by Crippen LogP contribution is 2.33. The quantitative estimate of drug-likeness (QED) is 0.569. The van der Waals surface area contributed by atoms with Gasteiger partial charge >= 0.3 is 0 Å². The highest BCUT2D eigenvalue weighted by molar-refractivity contribution is 6.04. The van der Waals surface area contributed by atoms with Crippen molar-refractivity contribution in [2.75, 3.05) is 45.2 Å². The molecule has 1 fully saturated rings. The first-order chi connectivity index (χ1) is 15.9. The third-order valence-electron chi connectivity index (χ3n) is 6.68. The zero-order valence-electron chi connectivity index (χ0n) is 19.9. The fourth-order valence-corrected chi connectivity index (χ4v) is 4.60. The predicted molar refractivity (Wildman–Crippen MR) is 131 cm³/mol. The normalized spacial score (nSPS) is 14.2. The summed E-state index contributed by atoms with van der Waals surface area (Å²) in [6, 6.07) is 8.84. The van der Waals surface area contributed by atoms with Crippen LogP contribution in [0.4, 0.5) is 10.1 Å². The number of methoxy groups -OCH3 is 1. The molecule has 2 N–H and O–H groups in total. The summed E-state index contributed by atoms with van der Waals surface area (Å²) < 4.78 is 21.2. The summed E-state index contributed by atoms with van der Waals surface area (Å²) in [5, 5.41) is 7.93. The molecule has 1 aromatic heterocycles. The highest BCUT2D eigenvalue weighted by atomic mass is 19.1. The summed E-state index contributed by atoms with van der Waals surface area (Å²) in [5.41, 5.74) is 6.91. The summed E-state index contributed by atoms with van der Waals surface area (Å²) in [4.78, 5) is 15.3. The van der Waals surface area contributed by atoms with Crippen molar-refractivity contribution in [3.63, 3.8) is 0 Å². The van der Waals surface area contributed by atoms with Gasteiger partial charge in [-0.05, 0) is 61.7 Å². The number of fused-ring (bicyclic) bond motifs is 1. The minimum Gasteiger partial charge on any atom is -0.383 e. The van der Waals surface area contributed by atoms with Crippen molar-refractivity contribution in [3.8, 4) is 0 Å². The molecule has 1 aliphatic heterocycles. The van der Waals surface area contributed by atoms with Crippen LogP contribution in [0, 0.1) is 26.6 Å². The number of anilines is 1.